The third-order valence-electron chi connectivity index (χ3n) is 1.95. The van der Waals surface area contributed by atoms with Gasteiger partial charge in [-0.1, -0.05) is 11.8 Å². The molecule has 2 rings (SSSR count). The molecule has 94 valence electrons. The van der Waals surface area contributed by atoms with E-state index in [1.165, 1.54) is 12.5 Å². The zero-order chi connectivity index (χ0) is 13.2. The zero-order valence-corrected chi connectivity index (χ0v) is 9.66. The molecule has 0 unspecified atom stereocenters. The monoisotopic (exact) mass is 272 g/mol. The van der Waals surface area contributed by atoms with Gasteiger partial charge in [-0.15, -0.1) is 0 Å². The minimum Gasteiger partial charge on any atom is -0.397 e. The lowest BCUT2D eigenvalue weighted by molar-refractivity contribution is -0.141. The average Bonchev–Trinajstić information content (AvgIpc) is 2.32. The summed E-state index contributed by atoms with van der Waals surface area (Å²) >= 11 is 1.03. The molecule has 18 heavy (non-hydrogen) atoms. The molecule has 0 amide bonds. The first-order valence-electron chi connectivity index (χ1n) is 4.73. The maximum Gasteiger partial charge on any atom is 0.433 e. The molecular weight excluding hydrogens is 265 g/mol. The van der Waals surface area contributed by atoms with Crippen LogP contribution >= 0.6 is 11.8 Å². The Morgan fingerprint density at radius 3 is 2.61 bits per heavy atom. The van der Waals surface area contributed by atoms with Gasteiger partial charge in [-0.25, -0.2) is 15.0 Å². The molecule has 2 heterocycles. The SMILES string of the molecule is Nc1cnc(C(F)(F)F)cc1Sc1ccncn1. The van der Waals surface area contributed by atoms with Crippen molar-refractivity contribution in [1.29, 1.82) is 0 Å². The lowest BCUT2D eigenvalue weighted by Crippen LogP contribution is -2.08. The average molecular weight is 272 g/mol. The van der Waals surface area contributed by atoms with E-state index in [1.807, 2.05) is 0 Å². The van der Waals surface area contributed by atoms with Gasteiger partial charge in [0.2, 0.25) is 0 Å². The smallest absolute Gasteiger partial charge is 0.397 e. The van der Waals surface area contributed by atoms with Crippen LogP contribution in [-0.2, 0) is 6.18 Å². The highest BCUT2D eigenvalue weighted by atomic mass is 32.2. The number of halogens is 3. The fourth-order valence-corrected chi connectivity index (χ4v) is 1.94. The fraction of sp³-hybridized carbons (Fsp3) is 0.100. The van der Waals surface area contributed by atoms with E-state index >= 15 is 0 Å². The first-order chi connectivity index (χ1) is 8.47. The topological polar surface area (TPSA) is 64.7 Å². The molecule has 2 aromatic rings. The zero-order valence-electron chi connectivity index (χ0n) is 8.85. The molecule has 8 heteroatoms. The summed E-state index contributed by atoms with van der Waals surface area (Å²) in [6.07, 6.45) is -0.692. The molecule has 0 aliphatic rings. The van der Waals surface area contributed by atoms with Crippen LogP contribution in [0.5, 0.6) is 0 Å². The van der Waals surface area contributed by atoms with E-state index in [1.54, 1.807) is 6.07 Å². The van der Waals surface area contributed by atoms with E-state index in [0.29, 0.717) is 5.03 Å². The number of nitrogens with zero attached hydrogens (tertiary/aromatic N) is 3. The van der Waals surface area contributed by atoms with E-state index in [0.717, 1.165) is 24.0 Å². The lowest BCUT2D eigenvalue weighted by atomic mass is 10.3. The summed E-state index contributed by atoms with van der Waals surface area (Å²) < 4.78 is 37.5. The number of alkyl halides is 3. The summed E-state index contributed by atoms with van der Waals surface area (Å²) in [5, 5.41) is 0.510. The number of nitrogens with two attached hydrogens (primary N) is 1. The molecule has 0 aliphatic heterocycles. The minimum atomic E-state index is -4.49. The van der Waals surface area contributed by atoms with Crippen LogP contribution in [0.25, 0.3) is 0 Å². The maximum atomic E-state index is 12.5. The van der Waals surface area contributed by atoms with E-state index in [4.69, 9.17) is 5.73 Å². The molecule has 0 bridgehead atoms. The molecule has 2 aromatic heterocycles. The quantitative estimate of drug-likeness (QED) is 0.851. The Kier molecular flexibility index (Phi) is 3.37. The Bertz CT molecular complexity index is 545. The predicted octanol–water partition coefficient (Wildman–Crippen LogP) is 2.62. The Balaban J connectivity index is 2.33. The summed E-state index contributed by atoms with van der Waals surface area (Å²) in [6, 6.07) is 2.49. The molecule has 0 aromatic carbocycles. The molecule has 0 aliphatic carbocycles. The molecule has 0 radical (unpaired) electrons. The van der Waals surface area contributed by atoms with Crippen LogP contribution in [0, 0.1) is 0 Å². The first kappa shape index (κ1) is 12.6. The van der Waals surface area contributed by atoms with Gasteiger partial charge >= 0.3 is 6.18 Å². The van der Waals surface area contributed by atoms with Crippen LogP contribution in [-0.4, -0.2) is 15.0 Å². The van der Waals surface area contributed by atoms with Gasteiger partial charge in [-0.3, -0.25) is 0 Å². The van der Waals surface area contributed by atoms with E-state index < -0.39 is 11.9 Å². The van der Waals surface area contributed by atoms with Crippen molar-refractivity contribution in [3.63, 3.8) is 0 Å². The van der Waals surface area contributed by atoms with Gasteiger partial charge < -0.3 is 5.73 Å². The highest BCUT2D eigenvalue weighted by Crippen LogP contribution is 2.35. The van der Waals surface area contributed by atoms with Gasteiger partial charge in [0.15, 0.2) is 0 Å². The van der Waals surface area contributed by atoms with Crippen molar-refractivity contribution in [1.82, 2.24) is 15.0 Å². The third-order valence-corrected chi connectivity index (χ3v) is 2.98. The Morgan fingerprint density at radius 1 is 1.22 bits per heavy atom. The minimum absolute atomic E-state index is 0.173. The van der Waals surface area contributed by atoms with Crippen LogP contribution in [0.15, 0.2) is 40.8 Å². The predicted molar refractivity (Wildman–Crippen MR) is 59.8 cm³/mol. The van der Waals surface area contributed by atoms with Crippen LogP contribution in [0.1, 0.15) is 5.69 Å². The lowest BCUT2D eigenvalue weighted by Gasteiger charge is -2.09. The normalized spacial score (nSPS) is 11.5. The number of hydrogen-bond donors (Lipinski definition) is 1. The molecule has 0 saturated heterocycles. The molecular formula is C10H7F3N4S. The van der Waals surface area contributed by atoms with Gasteiger partial charge in [-0.2, -0.15) is 13.2 Å². The third kappa shape index (κ3) is 2.89. The van der Waals surface area contributed by atoms with Crippen molar-refractivity contribution in [3.8, 4) is 0 Å². The van der Waals surface area contributed by atoms with E-state index in [9.17, 15) is 13.2 Å². The second kappa shape index (κ2) is 4.81. The van der Waals surface area contributed by atoms with Crippen molar-refractivity contribution in [2.75, 3.05) is 5.73 Å². The standard InChI is InChI=1S/C10H7F3N4S/c11-10(12,13)8-3-7(6(14)4-16-8)18-9-1-2-15-5-17-9/h1-5H,14H2. The maximum absolute atomic E-state index is 12.5. The summed E-state index contributed by atoms with van der Waals surface area (Å²) in [4.78, 5) is 11.1. The Labute approximate surface area is 104 Å². The van der Waals surface area contributed by atoms with Crippen LogP contribution in [0.2, 0.25) is 0 Å². The number of nitrogen functional groups attached to an aromatic ring is 1. The molecule has 0 saturated carbocycles. The second-order valence-electron chi connectivity index (χ2n) is 3.25. The fourth-order valence-electron chi connectivity index (χ4n) is 1.14. The van der Waals surface area contributed by atoms with Gasteiger partial charge in [0, 0.05) is 11.1 Å². The first-order valence-corrected chi connectivity index (χ1v) is 5.55. The summed E-state index contributed by atoms with van der Waals surface area (Å²) in [5.74, 6) is 0. The number of hydrogen-bond acceptors (Lipinski definition) is 5. The van der Waals surface area contributed by atoms with Crippen molar-refractivity contribution in [3.05, 3.63) is 36.5 Å². The number of anilines is 1. The van der Waals surface area contributed by atoms with Crippen LogP contribution in [0.4, 0.5) is 18.9 Å². The van der Waals surface area contributed by atoms with Crippen molar-refractivity contribution in [2.45, 2.75) is 16.1 Å². The van der Waals surface area contributed by atoms with Crippen molar-refractivity contribution >= 4 is 17.4 Å². The van der Waals surface area contributed by atoms with Crippen molar-refractivity contribution in [2.24, 2.45) is 0 Å². The van der Waals surface area contributed by atoms with Gasteiger partial charge in [-0.05, 0) is 12.1 Å². The molecule has 4 nitrogen and oxygen atoms in total. The highest BCUT2D eigenvalue weighted by molar-refractivity contribution is 7.99. The highest BCUT2D eigenvalue weighted by Gasteiger charge is 2.33. The summed E-state index contributed by atoms with van der Waals surface area (Å²) in [7, 11) is 0. The van der Waals surface area contributed by atoms with Gasteiger partial charge in [0.1, 0.15) is 17.0 Å². The van der Waals surface area contributed by atoms with E-state index in [2.05, 4.69) is 15.0 Å². The number of aromatic nitrogens is 3. The molecule has 0 atom stereocenters. The number of pyridine rings is 1. The van der Waals surface area contributed by atoms with Crippen molar-refractivity contribution < 1.29 is 13.2 Å². The largest absolute Gasteiger partial charge is 0.433 e. The van der Waals surface area contributed by atoms with E-state index in [-0.39, 0.29) is 10.6 Å². The van der Waals surface area contributed by atoms with Gasteiger partial charge in [0.05, 0.1) is 11.9 Å². The second-order valence-corrected chi connectivity index (χ2v) is 4.32. The summed E-state index contributed by atoms with van der Waals surface area (Å²) in [5.41, 5.74) is 4.78. The molecule has 2 N–H and O–H groups in total. The molecule has 0 fully saturated rings. The Hall–Kier alpha value is -1.83. The summed E-state index contributed by atoms with van der Waals surface area (Å²) in [6.45, 7) is 0. The van der Waals surface area contributed by atoms with Gasteiger partial charge in [0.25, 0.3) is 0 Å². The number of rotatable bonds is 2. The molecule has 0 spiro atoms. The van der Waals surface area contributed by atoms with Crippen LogP contribution < -0.4 is 5.73 Å². The van der Waals surface area contributed by atoms with Crippen LogP contribution in [0.3, 0.4) is 0 Å². The Morgan fingerprint density at radius 2 is 2.00 bits per heavy atom.